The molecule has 1 aliphatic rings. The number of para-hydroxylation sites is 1. The molecule has 0 aliphatic heterocycles. The molecule has 6 nitrogen and oxygen atoms in total. The third-order valence-corrected chi connectivity index (χ3v) is 2.98. The van der Waals surface area contributed by atoms with Crippen LogP contribution in [0.2, 0.25) is 0 Å². The highest BCUT2D eigenvalue weighted by atomic mass is 16.4. The Morgan fingerprint density at radius 3 is 2.58 bits per heavy atom. The summed E-state index contributed by atoms with van der Waals surface area (Å²) in [6.07, 6.45) is 3.41. The van der Waals surface area contributed by atoms with Crippen molar-refractivity contribution >= 4 is 11.9 Å². The number of carbonyl (C=O) groups is 2. The van der Waals surface area contributed by atoms with E-state index in [1.165, 1.54) is 24.3 Å². The first kappa shape index (κ1) is 12.9. The van der Waals surface area contributed by atoms with E-state index in [-0.39, 0.29) is 17.7 Å². The third-order valence-electron chi connectivity index (χ3n) is 2.98. The number of rotatable bonds is 3. The first-order valence-corrected chi connectivity index (χ1v) is 5.72. The van der Waals surface area contributed by atoms with Crippen LogP contribution in [0.25, 0.3) is 0 Å². The summed E-state index contributed by atoms with van der Waals surface area (Å²) in [5.41, 5.74) is -0.0489. The topological polar surface area (TPSA) is 107 Å². The lowest BCUT2D eigenvalue weighted by molar-refractivity contribution is -0.140. The van der Waals surface area contributed by atoms with E-state index in [9.17, 15) is 19.8 Å². The first-order chi connectivity index (χ1) is 8.99. The van der Waals surface area contributed by atoms with Crippen LogP contribution >= 0.6 is 0 Å². The Bertz CT molecular complexity index is 552. The van der Waals surface area contributed by atoms with Gasteiger partial charge in [0.05, 0.1) is 11.5 Å². The number of phenols is 2. The maximum atomic E-state index is 11.9. The van der Waals surface area contributed by atoms with Crippen molar-refractivity contribution in [3.8, 4) is 11.5 Å². The van der Waals surface area contributed by atoms with Crippen molar-refractivity contribution in [3.63, 3.8) is 0 Å². The zero-order valence-electron chi connectivity index (χ0n) is 9.91. The number of nitrogens with one attached hydrogen (secondary N) is 1. The highest BCUT2D eigenvalue weighted by Crippen LogP contribution is 2.28. The molecule has 1 aromatic carbocycles. The average Bonchev–Trinajstić information content (AvgIpc) is 2.81. The first-order valence-electron chi connectivity index (χ1n) is 5.72. The van der Waals surface area contributed by atoms with Crippen LogP contribution in [0.1, 0.15) is 16.8 Å². The third kappa shape index (κ3) is 2.67. The van der Waals surface area contributed by atoms with Gasteiger partial charge in [0.25, 0.3) is 5.91 Å². The molecular weight excluding hydrogens is 250 g/mol. The summed E-state index contributed by atoms with van der Waals surface area (Å²) in [4.78, 5) is 22.7. The minimum Gasteiger partial charge on any atom is -0.504 e. The number of carboxylic acid groups (broad SMARTS) is 1. The van der Waals surface area contributed by atoms with Gasteiger partial charge in [0.1, 0.15) is 0 Å². The molecule has 0 spiro atoms. The van der Waals surface area contributed by atoms with Crippen LogP contribution < -0.4 is 5.32 Å². The molecule has 0 radical (unpaired) electrons. The van der Waals surface area contributed by atoms with E-state index in [4.69, 9.17) is 5.11 Å². The molecule has 4 N–H and O–H groups in total. The second-order valence-corrected chi connectivity index (χ2v) is 4.32. The zero-order chi connectivity index (χ0) is 14.0. The minimum atomic E-state index is -0.937. The minimum absolute atomic E-state index is 0.0489. The van der Waals surface area contributed by atoms with Gasteiger partial charge in [-0.05, 0) is 18.6 Å². The van der Waals surface area contributed by atoms with Crippen LogP contribution in [-0.4, -0.2) is 33.2 Å². The summed E-state index contributed by atoms with van der Waals surface area (Å²) in [5.74, 6) is -2.97. The Balaban J connectivity index is 2.05. The smallest absolute Gasteiger partial charge is 0.310 e. The van der Waals surface area contributed by atoms with E-state index >= 15 is 0 Å². The molecule has 19 heavy (non-hydrogen) atoms. The van der Waals surface area contributed by atoms with Gasteiger partial charge in [0.2, 0.25) is 0 Å². The number of aromatic hydroxyl groups is 2. The van der Waals surface area contributed by atoms with Gasteiger partial charge in [-0.1, -0.05) is 18.2 Å². The Morgan fingerprint density at radius 1 is 1.21 bits per heavy atom. The molecule has 100 valence electrons. The summed E-state index contributed by atoms with van der Waals surface area (Å²) < 4.78 is 0. The Morgan fingerprint density at radius 2 is 1.95 bits per heavy atom. The fourth-order valence-electron chi connectivity index (χ4n) is 1.95. The van der Waals surface area contributed by atoms with Gasteiger partial charge in [0.15, 0.2) is 11.5 Å². The molecule has 1 aromatic rings. The molecule has 2 atom stereocenters. The van der Waals surface area contributed by atoms with Crippen LogP contribution in [0.3, 0.4) is 0 Å². The lowest BCUT2D eigenvalue weighted by atomic mass is 10.1. The van der Waals surface area contributed by atoms with Crippen molar-refractivity contribution in [1.82, 2.24) is 5.32 Å². The number of hydrogen-bond donors (Lipinski definition) is 4. The van der Waals surface area contributed by atoms with Crippen molar-refractivity contribution < 1.29 is 24.9 Å². The van der Waals surface area contributed by atoms with E-state index in [0.29, 0.717) is 0 Å². The number of benzene rings is 1. The van der Waals surface area contributed by atoms with Crippen molar-refractivity contribution in [1.29, 1.82) is 0 Å². The Kier molecular flexibility index (Phi) is 3.41. The summed E-state index contributed by atoms with van der Waals surface area (Å²) in [6, 6.07) is 3.68. The van der Waals surface area contributed by atoms with Crippen LogP contribution in [0.4, 0.5) is 0 Å². The summed E-state index contributed by atoms with van der Waals surface area (Å²) in [5, 5.41) is 30.3. The van der Waals surface area contributed by atoms with E-state index in [1.54, 1.807) is 6.08 Å². The van der Waals surface area contributed by atoms with E-state index in [2.05, 4.69) is 5.32 Å². The molecule has 0 saturated carbocycles. The molecule has 1 amide bonds. The largest absolute Gasteiger partial charge is 0.504 e. The predicted molar refractivity (Wildman–Crippen MR) is 65.9 cm³/mol. The number of hydrogen-bond acceptors (Lipinski definition) is 4. The average molecular weight is 263 g/mol. The predicted octanol–water partition coefficient (Wildman–Crippen LogP) is 0.857. The molecule has 2 rings (SSSR count). The van der Waals surface area contributed by atoms with Crippen LogP contribution in [0.5, 0.6) is 11.5 Å². The maximum Gasteiger partial charge on any atom is 0.310 e. The molecule has 6 heteroatoms. The van der Waals surface area contributed by atoms with Crippen LogP contribution in [0.15, 0.2) is 30.4 Å². The lowest BCUT2D eigenvalue weighted by Gasteiger charge is -2.13. The second kappa shape index (κ2) is 5.01. The Hall–Kier alpha value is -2.50. The fraction of sp³-hybridized carbons (Fsp3) is 0.231. The molecule has 0 bridgehead atoms. The molecule has 1 aliphatic carbocycles. The second-order valence-electron chi connectivity index (χ2n) is 4.32. The van der Waals surface area contributed by atoms with Gasteiger partial charge < -0.3 is 20.6 Å². The van der Waals surface area contributed by atoms with Crippen molar-refractivity contribution in [2.45, 2.75) is 12.5 Å². The summed E-state index contributed by atoms with van der Waals surface area (Å²) >= 11 is 0. The molecule has 0 aromatic heterocycles. The molecule has 2 unspecified atom stereocenters. The van der Waals surface area contributed by atoms with Gasteiger partial charge >= 0.3 is 5.97 Å². The normalized spacial score (nSPS) is 21.3. The molecule has 0 heterocycles. The highest BCUT2D eigenvalue weighted by molar-refractivity contribution is 5.98. The van der Waals surface area contributed by atoms with Gasteiger partial charge in [-0.2, -0.15) is 0 Å². The molecular formula is C13H13NO5. The quantitative estimate of drug-likeness (QED) is 0.478. The maximum absolute atomic E-state index is 11.9. The van der Waals surface area contributed by atoms with Crippen molar-refractivity contribution in [3.05, 3.63) is 35.9 Å². The molecule has 0 fully saturated rings. The van der Waals surface area contributed by atoms with Gasteiger partial charge in [-0.25, -0.2) is 0 Å². The number of carboxylic acids is 1. The lowest BCUT2D eigenvalue weighted by Crippen LogP contribution is -2.33. The Labute approximate surface area is 109 Å². The van der Waals surface area contributed by atoms with E-state index in [0.717, 1.165) is 0 Å². The van der Waals surface area contributed by atoms with E-state index in [1.807, 2.05) is 0 Å². The SMILES string of the molecule is O=C(NC1C=CC(C(=O)O)C1)c1cccc(O)c1O. The highest BCUT2D eigenvalue weighted by Gasteiger charge is 2.26. The van der Waals surface area contributed by atoms with Crippen molar-refractivity contribution in [2.75, 3.05) is 0 Å². The number of aliphatic carboxylic acids is 1. The number of phenolic OH excluding ortho intramolecular Hbond substituents is 2. The molecule has 0 saturated heterocycles. The number of carbonyl (C=O) groups excluding carboxylic acids is 1. The van der Waals surface area contributed by atoms with Gasteiger partial charge in [-0.3, -0.25) is 9.59 Å². The monoisotopic (exact) mass is 263 g/mol. The summed E-state index contributed by atoms with van der Waals surface area (Å²) in [6.45, 7) is 0. The summed E-state index contributed by atoms with van der Waals surface area (Å²) in [7, 11) is 0. The van der Waals surface area contributed by atoms with Gasteiger partial charge in [0, 0.05) is 6.04 Å². The zero-order valence-corrected chi connectivity index (χ0v) is 9.91. The van der Waals surface area contributed by atoms with Crippen LogP contribution in [0, 0.1) is 5.92 Å². The van der Waals surface area contributed by atoms with Crippen LogP contribution in [-0.2, 0) is 4.79 Å². The van der Waals surface area contributed by atoms with E-state index < -0.39 is 29.6 Å². The number of amides is 1. The fourth-order valence-corrected chi connectivity index (χ4v) is 1.95. The standard InChI is InChI=1S/C13H13NO5/c15-10-3-1-2-9(11(10)16)12(17)14-8-5-4-7(6-8)13(18)19/h1-5,7-8,15-16H,6H2,(H,14,17)(H,18,19). The van der Waals surface area contributed by atoms with Gasteiger partial charge in [-0.15, -0.1) is 0 Å². The van der Waals surface area contributed by atoms with Crippen molar-refractivity contribution in [2.24, 2.45) is 5.92 Å².